The summed E-state index contributed by atoms with van der Waals surface area (Å²) in [6.07, 6.45) is 2.56. The number of benzene rings is 1. The van der Waals surface area contributed by atoms with Crippen LogP contribution in [-0.2, 0) is 11.3 Å². The molecular formula is C18H25F2NO3. The second-order valence-electron chi connectivity index (χ2n) is 6.44. The Hall–Kier alpha value is -1.85. The molecule has 6 heteroatoms. The highest BCUT2D eigenvalue weighted by Gasteiger charge is 2.32. The van der Waals surface area contributed by atoms with Gasteiger partial charge in [0, 0.05) is 19.0 Å². The van der Waals surface area contributed by atoms with E-state index in [9.17, 15) is 13.6 Å². The fourth-order valence-electron chi connectivity index (χ4n) is 2.58. The van der Waals surface area contributed by atoms with E-state index in [4.69, 9.17) is 4.74 Å². The summed E-state index contributed by atoms with van der Waals surface area (Å²) in [7, 11) is 0. The van der Waals surface area contributed by atoms with Crippen molar-refractivity contribution in [2.45, 2.75) is 59.2 Å². The van der Waals surface area contributed by atoms with E-state index in [1.807, 2.05) is 18.7 Å². The van der Waals surface area contributed by atoms with Crippen LogP contribution < -0.4 is 9.47 Å². The highest BCUT2D eigenvalue weighted by atomic mass is 19.3. The molecule has 0 unspecified atom stereocenters. The number of amides is 1. The van der Waals surface area contributed by atoms with Gasteiger partial charge in [-0.2, -0.15) is 8.78 Å². The van der Waals surface area contributed by atoms with E-state index in [0.29, 0.717) is 31.5 Å². The molecule has 134 valence electrons. The predicted octanol–water partition coefficient (Wildman–Crippen LogP) is 4.22. The molecule has 1 aromatic rings. The van der Waals surface area contributed by atoms with E-state index in [1.54, 1.807) is 19.1 Å². The van der Waals surface area contributed by atoms with E-state index in [-0.39, 0.29) is 17.4 Å². The lowest BCUT2D eigenvalue weighted by Crippen LogP contribution is -2.33. The Morgan fingerprint density at radius 2 is 2.00 bits per heavy atom. The molecule has 0 heterocycles. The smallest absolute Gasteiger partial charge is 0.387 e. The van der Waals surface area contributed by atoms with Crippen LogP contribution in [-0.4, -0.2) is 30.1 Å². The molecule has 1 saturated carbocycles. The quantitative estimate of drug-likeness (QED) is 0.675. The number of ether oxygens (including phenoxy) is 2. The van der Waals surface area contributed by atoms with Crippen molar-refractivity contribution in [1.29, 1.82) is 0 Å². The fourth-order valence-corrected chi connectivity index (χ4v) is 2.58. The molecule has 1 fully saturated rings. The molecule has 0 atom stereocenters. The summed E-state index contributed by atoms with van der Waals surface area (Å²) in [5.41, 5.74) is 0.851. The van der Waals surface area contributed by atoms with Crippen LogP contribution in [0.2, 0.25) is 0 Å². The highest BCUT2D eigenvalue weighted by molar-refractivity contribution is 5.77. The van der Waals surface area contributed by atoms with Crippen LogP contribution in [0.15, 0.2) is 18.2 Å². The van der Waals surface area contributed by atoms with Crippen LogP contribution in [0, 0.1) is 5.92 Å². The molecule has 0 bridgehead atoms. The maximum atomic E-state index is 12.5. The normalized spacial score (nSPS) is 14.1. The summed E-state index contributed by atoms with van der Waals surface area (Å²) in [6.45, 7) is 3.74. The van der Waals surface area contributed by atoms with Gasteiger partial charge in [0.1, 0.15) is 0 Å². The van der Waals surface area contributed by atoms with Crippen molar-refractivity contribution in [3.63, 3.8) is 0 Å². The molecule has 0 saturated heterocycles. The largest absolute Gasteiger partial charge is 0.490 e. The van der Waals surface area contributed by atoms with Gasteiger partial charge in [-0.3, -0.25) is 4.79 Å². The lowest BCUT2D eigenvalue weighted by molar-refractivity contribution is -0.133. The molecule has 0 spiro atoms. The van der Waals surface area contributed by atoms with Gasteiger partial charge in [-0.05, 0) is 43.4 Å². The van der Waals surface area contributed by atoms with Crippen LogP contribution in [0.5, 0.6) is 11.5 Å². The van der Waals surface area contributed by atoms with E-state index in [2.05, 4.69) is 4.74 Å². The fraction of sp³-hybridized carbons (Fsp3) is 0.611. The third-order valence-corrected chi connectivity index (χ3v) is 3.77. The topological polar surface area (TPSA) is 38.8 Å². The molecule has 1 aliphatic rings. The second kappa shape index (κ2) is 8.31. The Balaban J connectivity index is 2.14. The minimum atomic E-state index is -2.90. The number of carbonyl (C=O) groups excluding carboxylic acids is 1. The van der Waals surface area contributed by atoms with Gasteiger partial charge in [-0.1, -0.05) is 19.9 Å². The molecular weight excluding hydrogens is 316 g/mol. The maximum Gasteiger partial charge on any atom is 0.387 e. The molecule has 1 aliphatic carbocycles. The average Bonchev–Trinajstić information content (AvgIpc) is 3.30. The van der Waals surface area contributed by atoms with Crippen molar-refractivity contribution in [3.05, 3.63) is 23.8 Å². The standard InChI is InChI=1S/C18H25F2NO3/c1-4-23-16-10-13(5-8-15(16)24-18(19)20)11-21(14-6-7-14)17(22)9-12(2)3/h5,8,10,12,14,18H,4,6-7,9,11H2,1-3H3. The van der Waals surface area contributed by atoms with Gasteiger partial charge < -0.3 is 14.4 Å². The van der Waals surface area contributed by atoms with Gasteiger partial charge in [0.25, 0.3) is 0 Å². The first-order valence-corrected chi connectivity index (χ1v) is 8.40. The van der Waals surface area contributed by atoms with Gasteiger partial charge in [-0.15, -0.1) is 0 Å². The minimum absolute atomic E-state index is 0.0158. The van der Waals surface area contributed by atoms with E-state index in [0.717, 1.165) is 18.4 Å². The van der Waals surface area contributed by atoms with Gasteiger partial charge in [0.15, 0.2) is 11.5 Å². The summed E-state index contributed by atoms with van der Waals surface area (Å²) >= 11 is 0. The van der Waals surface area contributed by atoms with E-state index >= 15 is 0 Å². The zero-order chi connectivity index (χ0) is 17.7. The van der Waals surface area contributed by atoms with Crippen molar-refractivity contribution in [2.75, 3.05) is 6.61 Å². The zero-order valence-electron chi connectivity index (χ0n) is 14.4. The number of halogens is 2. The van der Waals surface area contributed by atoms with Crippen LogP contribution in [0.1, 0.15) is 45.6 Å². The summed E-state index contributed by atoms with van der Waals surface area (Å²) in [5.74, 6) is 0.738. The molecule has 2 rings (SSSR count). The number of rotatable bonds is 9. The monoisotopic (exact) mass is 341 g/mol. The number of hydrogen-bond donors (Lipinski definition) is 0. The SMILES string of the molecule is CCOc1cc(CN(C(=O)CC(C)C)C2CC2)ccc1OC(F)F. The maximum absolute atomic E-state index is 12.5. The predicted molar refractivity (Wildman–Crippen MR) is 87.3 cm³/mol. The second-order valence-corrected chi connectivity index (χ2v) is 6.44. The summed E-state index contributed by atoms with van der Waals surface area (Å²) in [5, 5.41) is 0. The lowest BCUT2D eigenvalue weighted by atomic mass is 10.1. The molecule has 0 radical (unpaired) electrons. The average molecular weight is 341 g/mol. The lowest BCUT2D eigenvalue weighted by Gasteiger charge is -2.24. The van der Waals surface area contributed by atoms with Crippen LogP contribution in [0.3, 0.4) is 0 Å². The minimum Gasteiger partial charge on any atom is -0.490 e. The van der Waals surface area contributed by atoms with E-state index in [1.165, 1.54) is 6.07 Å². The number of nitrogens with zero attached hydrogens (tertiary/aromatic N) is 1. The van der Waals surface area contributed by atoms with Crippen LogP contribution in [0.25, 0.3) is 0 Å². The molecule has 24 heavy (non-hydrogen) atoms. The first kappa shape index (κ1) is 18.5. The van der Waals surface area contributed by atoms with Crippen molar-refractivity contribution in [3.8, 4) is 11.5 Å². The Bertz CT molecular complexity index is 559. The van der Waals surface area contributed by atoms with Gasteiger partial charge >= 0.3 is 6.61 Å². The number of carbonyl (C=O) groups is 1. The zero-order valence-corrected chi connectivity index (χ0v) is 14.4. The molecule has 0 N–H and O–H groups in total. The molecule has 0 aromatic heterocycles. The van der Waals surface area contributed by atoms with Gasteiger partial charge in [0.2, 0.25) is 5.91 Å². The van der Waals surface area contributed by atoms with Crippen molar-refractivity contribution >= 4 is 5.91 Å². The van der Waals surface area contributed by atoms with Crippen molar-refractivity contribution in [2.24, 2.45) is 5.92 Å². The molecule has 0 aliphatic heterocycles. The summed E-state index contributed by atoms with van der Waals surface area (Å²) in [4.78, 5) is 14.3. The molecule has 1 amide bonds. The Kier molecular flexibility index (Phi) is 6.40. The molecule has 4 nitrogen and oxygen atoms in total. The number of hydrogen-bond acceptors (Lipinski definition) is 3. The Labute approximate surface area is 141 Å². The molecule has 1 aromatic carbocycles. The van der Waals surface area contributed by atoms with Crippen LogP contribution >= 0.6 is 0 Å². The van der Waals surface area contributed by atoms with Gasteiger partial charge in [0.05, 0.1) is 6.61 Å². The van der Waals surface area contributed by atoms with Crippen LogP contribution in [0.4, 0.5) is 8.78 Å². The van der Waals surface area contributed by atoms with Crippen molar-refractivity contribution < 1.29 is 23.0 Å². The number of alkyl halides is 2. The Morgan fingerprint density at radius 1 is 1.29 bits per heavy atom. The summed E-state index contributed by atoms with van der Waals surface area (Å²) in [6, 6.07) is 5.16. The summed E-state index contributed by atoms with van der Waals surface area (Å²) < 4.78 is 34.8. The third-order valence-electron chi connectivity index (χ3n) is 3.77. The van der Waals surface area contributed by atoms with Gasteiger partial charge in [-0.25, -0.2) is 0 Å². The van der Waals surface area contributed by atoms with E-state index < -0.39 is 6.61 Å². The highest BCUT2D eigenvalue weighted by Crippen LogP contribution is 2.33. The Morgan fingerprint density at radius 3 is 2.54 bits per heavy atom. The first-order valence-electron chi connectivity index (χ1n) is 8.40. The van der Waals surface area contributed by atoms with Crippen molar-refractivity contribution in [1.82, 2.24) is 4.90 Å². The first-order chi connectivity index (χ1) is 11.4. The third kappa shape index (κ3) is 5.35.